The molecular weight excluding hydrogens is 462 g/mol. The first-order valence-corrected chi connectivity index (χ1v) is 12.1. The van der Waals surface area contributed by atoms with Gasteiger partial charge in [0.15, 0.2) is 0 Å². The maximum atomic E-state index is 13.3. The van der Waals surface area contributed by atoms with Crippen molar-refractivity contribution in [2.24, 2.45) is 0 Å². The molecule has 0 bridgehead atoms. The van der Waals surface area contributed by atoms with Crippen molar-refractivity contribution >= 4 is 34.4 Å². The van der Waals surface area contributed by atoms with E-state index in [4.69, 9.17) is 11.6 Å². The quantitative estimate of drug-likeness (QED) is 0.390. The van der Waals surface area contributed by atoms with E-state index in [1.54, 1.807) is 42.6 Å². The van der Waals surface area contributed by atoms with Crippen LogP contribution in [0.2, 0.25) is 5.02 Å². The maximum absolute atomic E-state index is 13.3. The zero-order chi connectivity index (χ0) is 24.4. The minimum Gasteiger partial charge on any atom is -0.342 e. The first-order valence-electron chi connectivity index (χ1n) is 11.8. The van der Waals surface area contributed by atoms with Gasteiger partial charge in [0, 0.05) is 35.1 Å². The fourth-order valence-electron chi connectivity index (χ4n) is 4.58. The highest BCUT2D eigenvalue weighted by Gasteiger charge is 2.29. The lowest BCUT2D eigenvalue weighted by Gasteiger charge is -2.36. The van der Waals surface area contributed by atoms with Crippen LogP contribution in [0.25, 0.3) is 11.0 Å². The van der Waals surface area contributed by atoms with Gasteiger partial charge in [-0.05, 0) is 80.3 Å². The predicted octanol–water partition coefficient (Wildman–Crippen LogP) is 5.47. The van der Waals surface area contributed by atoms with Gasteiger partial charge in [0.25, 0.3) is 11.8 Å². The van der Waals surface area contributed by atoms with Gasteiger partial charge in [-0.15, -0.1) is 0 Å². The van der Waals surface area contributed by atoms with Crippen LogP contribution in [0.3, 0.4) is 0 Å². The van der Waals surface area contributed by atoms with E-state index in [9.17, 15) is 9.59 Å². The van der Waals surface area contributed by atoms with Crippen LogP contribution in [-0.4, -0.2) is 38.2 Å². The Morgan fingerprint density at radius 3 is 2.69 bits per heavy atom. The molecule has 1 aliphatic rings. The largest absolute Gasteiger partial charge is 0.342 e. The van der Waals surface area contributed by atoms with Crippen LogP contribution >= 0.6 is 11.6 Å². The molecule has 7 nitrogen and oxygen atoms in total. The van der Waals surface area contributed by atoms with Crippen LogP contribution in [0.15, 0.2) is 67.0 Å². The number of H-pyrrole nitrogens is 1. The first-order chi connectivity index (χ1) is 17.0. The molecule has 1 fully saturated rings. The lowest BCUT2D eigenvalue weighted by molar-refractivity contribution is 0.0611. The summed E-state index contributed by atoms with van der Waals surface area (Å²) < 4.78 is 0. The fraction of sp³-hybridized carbons (Fsp3) is 0.259. The summed E-state index contributed by atoms with van der Waals surface area (Å²) in [4.78, 5) is 40.1. The van der Waals surface area contributed by atoms with Gasteiger partial charge in [0.1, 0.15) is 5.82 Å². The number of pyridine rings is 1. The third-order valence-corrected chi connectivity index (χ3v) is 6.68. The highest BCUT2D eigenvalue weighted by atomic mass is 35.5. The Morgan fingerprint density at radius 1 is 1.11 bits per heavy atom. The van der Waals surface area contributed by atoms with Crippen LogP contribution in [0.5, 0.6) is 0 Å². The Balaban J connectivity index is 1.27. The molecule has 2 amide bonds. The number of hydrogen-bond donors (Lipinski definition) is 2. The Hall–Kier alpha value is -3.71. The fourth-order valence-corrected chi connectivity index (χ4v) is 4.75. The van der Waals surface area contributed by atoms with Crippen molar-refractivity contribution in [2.45, 2.75) is 38.3 Å². The van der Waals surface area contributed by atoms with E-state index < -0.39 is 0 Å². The van der Waals surface area contributed by atoms with E-state index in [1.165, 1.54) is 0 Å². The number of carbonyl (C=O) groups is 2. The number of aromatic amines is 1. The average Bonchev–Trinajstić information content (AvgIpc) is 3.32. The zero-order valence-corrected chi connectivity index (χ0v) is 20.1. The number of nitrogens with zero attached hydrogens (tertiary/aromatic N) is 3. The molecule has 2 atom stereocenters. The Bertz CT molecular complexity index is 1350. The van der Waals surface area contributed by atoms with Gasteiger partial charge in [-0.1, -0.05) is 17.7 Å². The Labute approximate surface area is 208 Å². The third-order valence-electron chi connectivity index (χ3n) is 6.45. The van der Waals surface area contributed by atoms with Crippen molar-refractivity contribution in [3.8, 4) is 0 Å². The van der Waals surface area contributed by atoms with Crippen molar-refractivity contribution in [1.29, 1.82) is 0 Å². The molecule has 2 unspecified atom stereocenters. The molecule has 2 N–H and O–H groups in total. The number of fused-ring (bicyclic) bond motifs is 1. The van der Waals surface area contributed by atoms with Crippen LogP contribution < -0.4 is 5.32 Å². The standard InChI is InChI=1S/C27H26ClN5O2/c1-17(25-31-22-12-11-21(28)15-23(22)32-25)30-26(34)18-7-9-19(10-8-18)27(35)33-14-3-2-6-24(33)20-5-4-13-29-16-20/h4-5,7-13,15-17,24H,2-3,6,14H2,1H3,(H,30,34)(H,31,32). The lowest BCUT2D eigenvalue weighted by Crippen LogP contribution is -2.38. The number of nitrogens with one attached hydrogen (secondary N) is 2. The molecule has 2 aromatic carbocycles. The van der Waals surface area contributed by atoms with Crippen molar-refractivity contribution in [1.82, 2.24) is 25.2 Å². The number of likely N-dealkylation sites (tertiary alicyclic amines) is 1. The van der Waals surface area contributed by atoms with E-state index in [1.807, 2.05) is 36.2 Å². The number of benzene rings is 2. The van der Waals surface area contributed by atoms with Gasteiger partial charge in [-0.3, -0.25) is 14.6 Å². The summed E-state index contributed by atoms with van der Waals surface area (Å²) in [6, 6.07) is 15.9. The van der Waals surface area contributed by atoms with E-state index in [-0.39, 0.29) is 23.9 Å². The van der Waals surface area contributed by atoms with Crippen molar-refractivity contribution < 1.29 is 9.59 Å². The molecule has 0 spiro atoms. The zero-order valence-electron chi connectivity index (χ0n) is 19.4. The number of rotatable bonds is 5. The second-order valence-electron chi connectivity index (χ2n) is 8.85. The van der Waals surface area contributed by atoms with E-state index in [2.05, 4.69) is 20.3 Å². The number of imidazole rings is 1. The van der Waals surface area contributed by atoms with E-state index in [0.717, 1.165) is 35.9 Å². The molecule has 0 aliphatic carbocycles. The molecule has 0 saturated carbocycles. The van der Waals surface area contributed by atoms with E-state index >= 15 is 0 Å². The van der Waals surface area contributed by atoms with Gasteiger partial charge < -0.3 is 15.2 Å². The number of aromatic nitrogens is 3. The van der Waals surface area contributed by atoms with Crippen LogP contribution in [0.1, 0.15) is 70.4 Å². The molecule has 3 heterocycles. The number of amides is 2. The molecular formula is C27H26ClN5O2. The Morgan fingerprint density at radius 2 is 1.91 bits per heavy atom. The van der Waals surface area contributed by atoms with Gasteiger partial charge in [0.2, 0.25) is 0 Å². The molecule has 2 aromatic heterocycles. The molecule has 5 rings (SSSR count). The summed E-state index contributed by atoms with van der Waals surface area (Å²) in [6.07, 6.45) is 6.56. The molecule has 8 heteroatoms. The summed E-state index contributed by atoms with van der Waals surface area (Å²) in [5.41, 5.74) is 3.71. The summed E-state index contributed by atoms with van der Waals surface area (Å²) in [7, 11) is 0. The second-order valence-corrected chi connectivity index (χ2v) is 9.29. The molecule has 35 heavy (non-hydrogen) atoms. The number of piperidine rings is 1. The highest BCUT2D eigenvalue weighted by Crippen LogP contribution is 2.31. The summed E-state index contributed by atoms with van der Waals surface area (Å²) in [6.45, 7) is 2.57. The monoisotopic (exact) mass is 487 g/mol. The van der Waals surface area contributed by atoms with Crippen molar-refractivity contribution in [3.63, 3.8) is 0 Å². The van der Waals surface area contributed by atoms with E-state index in [0.29, 0.717) is 28.5 Å². The lowest BCUT2D eigenvalue weighted by atomic mass is 9.95. The van der Waals surface area contributed by atoms with Gasteiger partial charge >= 0.3 is 0 Å². The Kier molecular flexibility index (Phi) is 6.51. The first kappa shape index (κ1) is 23.1. The normalized spacial score (nSPS) is 16.7. The summed E-state index contributed by atoms with van der Waals surface area (Å²) >= 11 is 6.05. The third kappa shape index (κ3) is 4.91. The summed E-state index contributed by atoms with van der Waals surface area (Å²) in [5.74, 6) is 0.384. The van der Waals surface area contributed by atoms with Gasteiger partial charge in [-0.2, -0.15) is 0 Å². The SMILES string of the molecule is CC(NC(=O)c1ccc(C(=O)N2CCCCC2c2cccnc2)cc1)c1nc2ccc(Cl)cc2[nH]1. The predicted molar refractivity (Wildman–Crippen MR) is 135 cm³/mol. The van der Waals surface area contributed by atoms with Crippen LogP contribution in [0, 0.1) is 0 Å². The summed E-state index contributed by atoms with van der Waals surface area (Å²) in [5, 5.41) is 3.58. The maximum Gasteiger partial charge on any atom is 0.254 e. The van der Waals surface area contributed by atoms with Crippen LogP contribution in [-0.2, 0) is 0 Å². The van der Waals surface area contributed by atoms with Gasteiger partial charge in [-0.25, -0.2) is 4.98 Å². The number of halogens is 1. The average molecular weight is 488 g/mol. The molecule has 178 valence electrons. The van der Waals surface area contributed by atoms with Crippen molar-refractivity contribution in [3.05, 3.63) is 94.5 Å². The minimum absolute atomic E-state index is 0.0208. The minimum atomic E-state index is -0.330. The molecule has 4 aromatic rings. The number of carbonyl (C=O) groups excluding carboxylic acids is 2. The van der Waals surface area contributed by atoms with Crippen molar-refractivity contribution in [2.75, 3.05) is 6.54 Å². The number of hydrogen-bond acceptors (Lipinski definition) is 4. The topological polar surface area (TPSA) is 91.0 Å². The highest BCUT2D eigenvalue weighted by molar-refractivity contribution is 6.31. The van der Waals surface area contributed by atoms with Crippen LogP contribution in [0.4, 0.5) is 0 Å². The molecule has 0 radical (unpaired) electrons. The smallest absolute Gasteiger partial charge is 0.254 e. The second kappa shape index (κ2) is 9.88. The molecule has 1 aliphatic heterocycles. The molecule has 1 saturated heterocycles. The van der Waals surface area contributed by atoms with Gasteiger partial charge in [0.05, 0.1) is 23.1 Å².